The van der Waals surface area contributed by atoms with Gasteiger partial charge in [-0.15, -0.1) is 0 Å². The standard InChI is InChI=1S/C17H18N4O2S/c1-14-17(13-21(20-14)12-16-5-3-2-4-6-16)24(22,23)19-11-15-7-9-18-10-8-15/h2-10,13,19H,11-12H2,1H3. The maximum atomic E-state index is 12.5. The first kappa shape index (κ1) is 16.4. The van der Waals surface area contributed by atoms with Crippen LogP contribution in [0.2, 0.25) is 0 Å². The molecule has 0 saturated heterocycles. The predicted molar refractivity (Wildman–Crippen MR) is 90.8 cm³/mol. The van der Waals surface area contributed by atoms with Crippen molar-refractivity contribution in [2.24, 2.45) is 0 Å². The van der Waals surface area contributed by atoms with Gasteiger partial charge in [-0.05, 0) is 30.2 Å². The van der Waals surface area contributed by atoms with Gasteiger partial charge in [0.15, 0.2) is 0 Å². The Morgan fingerprint density at radius 2 is 1.75 bits per heavy atom. The maximum absolute atomic E-state index is 12.5. The highest BCUT2D eigenvalue weighted by molar-refractivity contribution is 7.89. The molecule has 7 heteroatoms. The fourth-order valence-corrected chi connectivity index (χ4v) is 3.57. The first-order valence-corrected chi connectivity index (χ1v) is 8.99. The molecule has 0 aliphatic heterocycles. The summed E-state index contributed by atoms with van der Waals surface area (Å²) in [5, 5.41) is 4.31. The Morgan fingerprint density at radius 1 is 1.04 bits per heavy atom. The molecular formula is C17H18N4O2S. The van der Waals surface area contributed by atoms with E-state index < -0.39 is 10.0 Å². The number of aromatic nitrogens is 3. The summed E-state index contributed by atoms with van der Waals surface area (Å²) in [6.07, 6.45) is 4.83. The van der Waals surface area contributed by atoms with E-state index in [1.165, 1.54) is 0 Å². The molecule has 0 radical (unpaired) electrons. The van der Waals surface area contributed by atoms with Gasteiger partial charge in [0.1, 0.15) is 4.90 Å². The predicted octanol–water partition coefficient (Wildman–Crippen LogP) is 2.11. The molecule has 0 spiro atoms. The minimum atomic E-state index is -3.61. The topological polar surface area (TPSA) is 76.9 Å². The molecule has 0 bridgehead atoms. The summed E-state index contributed by atoms with van der Waals surface area (Å²) in [7, 11) is -3.61. The van der Waals surface area contributed by atoms with Crippen LogP contribution >= 0.6 is 0 Å². The van der Waals surface area contributed by atoms with E-state index in [9.17, 15) is 8.42 Å². The van der Waals surface area contributed by atoms with Crippen LogP contribution < -0.4 is 4.72 Å². The van der Waals surface area contributed by atoms with Crippen LogP contribution in [-0.4, -0.2) is 23.2 Å². The lowest BCUT2D eigenvalue weighted by molar-refractivity contribution is 0.580. The number of nitrogens with zero attached hydrogens (tertiary/aromatic N) is 3. The minimum Gasteiger partial charge on any atom is -0.267 e. The molecule has 0 aliphatic rings. The number of aryl methyl sites for hydroxylation is 1. The number of nitrogens with one attached hydrogen (secondary N) is 1. The van der Waals surface area contributed by atoms with Crippen molar-refractivity contribution in [1.82, 2.24) is 19.5 Å². The van der Waals surface area contributed by atoms with Gasteiger partial charge in [-0.2, -0.15) is 5.10 Å². The highest BCUT2D eigenvalue weighted by Crippen LogP contribution is 2.15. The van der Waals surface area contributed by atoms with E-state index >= 15 is 0 Å². The molecule has 3 aromatic rings. The number of hydrogen-bond donors (Lipinski definition) is 1. The van der Waals surface area contributed by atoms with Gasteiger partial charge in [0.05, 0.1) is 12.2 Å². The van der Waals surface area contributed by atoms with Crippen LogP contribution in [0.15, 0.2) is 66.0 Å². The summed E-state index contributed by atoms with van der Waals surface area (Å²) >= 11 is 0. The fraction of sp³-hybridized carbons (Fsp3) is 0.176. The SMILES string of the molecule is Cc1nn(Cc2ccccc2)cc1S(=O)(=O)NCc1ccncc1. The van der Waals surface area contributed by atoms with Crippen molar-refractivity contribution >= 4 is 10.0 Å². The van der Waals surface area contributed by atoms with Gasteiger partial charge in [-0.1, -0.05) is 30.3 Å². The van der Waals surface area contributed by atoms with E-state index in [2.05, 4.69) is 14.8 Å². The van der Waals surface area contributed by atoms with Crippen LogP contribution in [0, 0.1) is 6.92 Å². The molecule has 0 atom stereocenters. The van der Waals surface area contributed by atoms with Gasteiger partial charge in [0, 0.05) is 25.1 Å². The third-order valence-corrected chi connectivity index (χ3v) is 5.10. The van der Waals surface area contributed by atoms with Gasteiger partial charge in [-0.25, -0.2) is 13.1 Å². The van der Waals surface area contributed by atoms with E-state index in [0.717, 1.165) is 11.1 Å². The molecule has 2 heterocycles. The molecule has 1 N–H and O–H groups in total. The monoisotopic (exact) mass is 342 g/mol. The van der Waals surface area contributed by atoms with Gasteiger partial charge in [-0.3, -0.25) is 9.67 Å². The lowest BCUT2D eigenvalue weighted by Gasteiger charge is -2.05. The minimum absolute atomic E-state index is 0.201. The Morgan fingerprint density at radius 3 is 2.46 bits per heavy atom. The van der Waals surface area contributed by atoms with E-state index in [1.54, 1.807) is 42.3 Å². The third-order valence-electron chi connectivity index (χ3n) is 3.59. The second-order valence-electron chi connectivity index (χ2n) is 5.44. The third kappa shape index (κ3) is 3.87. The average molecular weight is 342 g/mol. The van der Waals surface area contributed by atoms with Crippen molar-refractivity contribution in [2.45, 2.75) is 24.9 Å². The number of sulfonamides is 1. The van der Waals surface area contributed by atoms with Crippen molar-refractivity contribution in [3.8, 4) is 0 Å². The molecule has 24 heavy (non-hydrogen) atoms. The average Bonchev–Trinajstić information content (AvgIpc) is 2.96. The quantitative estimate of drug-likeness (QED) is 0.744. The summed E-state index contributed by atoms with van der Waals surface area (Å²) in [6, 6.07) is 13.3. The van der Waals surface area contributed by atoms with Gasteiger partial charge in [0.2, 0.25) is 10.0 Å². The second kappa shape index (κ2) is 6.94. The highest BCUT2D eigenvalue weighted by Gasteiger charge is 2.20. The molecule has 6 nitrogen and oxygen atoms in total. The molecule has 3 rings (SSSR count). The number of rotatable bonds is 6. The van der Waals surface area contributed by atoms with Crippen molar-refractivity contribution in [1.29, 1.82) is 0 Å². The van der Waals surface area contributed by atoms with Crippen LogP contribution in [-0.2, 0) is 23.1 Å². The van der Waals surface area contributed by atoms with Crippen molar-refractivity contribution in [2.75, 3.05) is 0 Å². The summed E-state index contributed by atoms with van der Waals surface area (Å²) in [6.45, 7) is 2.44. The normalized spacial score (nSPS) is 11.5. The van der Waals surface area contributed by atoms with Crippen molar-refractivity contribution in [3.63, 3.8) is 0 Å². The Kier molecular flexibility index (Phi) is 4.73. The zero-order valence-electron chi connectivity index (χ0n) is 13.3. The van der Waals surface area contributed by atoms with Crippen LogP contribution in [0.1, 0.15) is 16.8 Å². The van der Waals surface area contributed by atoms with Crippen LogP contribution in [0.3, 0.4) is 0 Å². The number of benzene rings is 1. The molecular weight excluding hydrogens is 324 g/mol. The zero-order chi connectivity index (χ0) is 17.0. The highest BCUT2D eigenvalue weighted by atomic mass is 32.2. The van der Waals surface area contributed by atoms with Gasteiger partial charge in [0.25, 0.3) is 0 Å². The zero-order valence-corrected chi connectivity index (χ0v) is 14.1. The first-order chi connectivity index (χ1) is 11.5. The van der Waals surface area contributed by atoms with E-state index in [1.807, 2.05) is 30.3 Å². The summed E-state index contributed by atoms with van der Waals surface area (Å²) in [4.78, 5) is 4.12. The van der Waals surface area contributed by atoms with E-state index in [-0.39, 0.29) is 11.4 Å². The van der Waals surface area contributed by atoms with E-state index in [4.69, 9.17) is 0 Å². The molecule has 2 aromatic heterocycles. The largest absolute Gasteiger partial charge is 0.267 e. The Labute approximate surface area is 141 Å². The second-order valence-corrected chi connectivity index (χ2v) is 7.18. The lowest BCUT2D eigenvalue weighted by atomic mass is 10.2. The Bertz CT molecular complexity index is 906. The molecule has 0 amide bonds. The van der Waals surface area contributed by atoms with Crippen molar-refractivity contribution in [3.05, 3.63) is 77.9 Å². The maximum Gasteiger partial charge on any atom is 0.244 e. The molecule has 124 valence electrons. The lowest BCUT2D eigenvalue weighted by Crippen LogP contribution is -2.23. The summed E-state index contributed by atoms with van der Waals surface area (Å²) in [5.41, 5.74) is 2.39. The van der Waals surface area contributed by atoms with Crippen LogP contribution in [0.5, 0.6) is 0 Å². The Balaban J connectivity index is 1.76. The molecule has 1 aromatic carbocycles. The van der Waals surface area contributed by atoms with Gasteiger partial charge < -0.3 is 0 Å². The number of hydrogen-bond acceptors (Lipinski definition) is 4. The summed E-state index contributed by atoms with van der Waals surface area (Å²) < 4.78 is 29.3. The molecule has 0 aliphatic carbocycles. The molecule has 0 fully saturated rings. The smallest absolute Gasteiger partial charge is 0.244 e. The fourth-order valence-electron chi connectivity index (χ4n) is 2.37. The van der Waals surface area contributed by atoms with Crippen LogP contribution in [0.4, 0.5) is 0 Å². The van der Waals surface area contributed by atoms with Crippen molar-refractivity contribution < 1.29 is 8.42 Å². The molecule has 0 saturated carbocycles. The molecule has 0 unspecified atom stereocenters. The number of pyridine rings is 1. The first-order valence-electron chi connectivity index (χ1n) is 7.51. The van der Waals surface area contributed by atoms with E-state index in [0.29, 0.717) is 12.2 Å². The van der Waals surface area contributed by atoms with Crippen LogP contribution in [0.25, 0.3) is 0 Å². The van der Waals surface area contributed by atoms with Gasteiger partial charge >= 0.3 is 0 Å². The Hall–Kier alpha value is -2.51. The summed E-state index contributed by atoms with van der Waals surface area (Å²) in [5.74, 6) is 0.